The molecule has 2 bridgehead atoms. The number of pyridine rings is 1. The molecular formula is C11H11N3O. The van der Waals surface area contributed by atoms with Crippen molar-refractivity contribution in [3.05, 3.63) is 23.9 Å². The predicted octanol–water partition coefficient (Wildman–Crippen LogP) is 0.931. The highest BCUT2D eigenvalue weighted by molar-refractivity contribution is 5.55. The van der Waals surface area contributed by atoms with Gasteiger partial charge in [0.1, 0.15) is 11.9 Å². The van der Waals surface area contributed by atoms with Crippen molar-refractivity contribution in [2.45, 2.75) is 18.6 Å². The zero-order valence-corrected chi connectivity index (χ0v) is 8.26. The summed E-state index contributed by atoms with van der Waals surface area (Å²) >= 11 is 0. The Hall–Kier alpha value is -1.60. The Morgan fingerprint density at radius 2 is 2.53 bits per heavy atom. The van der Waals surface area contributed by atoms with E-state index >= 15 is 0 Å². The monoisotopic (exact) mass is 201 g/mol. The van der Waals surface area contributed by atoms with Gasteiger partial charge in [-0.25, -0.2) is 4.98 Å². The molecule has 0 spiro atoms. The number of anilines is 1. The van der Waals surface area contributed by atoms with E-state index in [2.05, 4.69) is 16.0 Å². The predicted molar refractivity (Wildman–Crippen MR) is 54.4 cm³/mol. The quantitative estimate of drug-likeness (QED) is 0.678. The third-order valence-corrected chi connectivity index (χ3v) is 3.08. The van der Waals surface area contributed by atoms with Crippen LogP contribution in [0.5, 0.6) is 0 Å². The molecule has 0 radical (unpaired) electrons. The number of hydrogen-bond acceptors (Lipinski definition) is 4. The molecule has 0 aliphatic carbocycles. The van der Waals surface area contributed by atoms with E-state index < -0.39 is 0 Å². The maximum atomic E-state index is 9.00. The number of morpholine rings is 1. The van der Waals surface area contributed by atoms with Crippen LogP contribution in [0.15, 0.2) is 18.3 Å². The topological polar surface area (TPSA) is 49.2 Å². The van der Waals surface area contributed by atoms with Crippen LogP contribution in [0, 0.1) is 11.3 Å². The average molecular weight is 201 g/mol. The van der Waals surface area contributed by atoms with Gasteiger partial charge in [0.15, 0.2) is 0 Å². The number of aromatic nitrogens is 1. The first-order chi connectivity index (χ1) is 7.38. The maximum absolute atomic E-state index is 9.00. The second-order valence-corrected chi connectivity index (χ2v) is 3.98. The van der Waals surface area contributed by atoms with Crippen molar-refractivity contribution >= 4 is 5.82 Å². The first kappa shape index (κ1) is 8.69. The molecule has 2 aliphatic rings. The van der Waals surface area contributed by atoms with Gasteiger partial charge < -0.3 is 9.64 Å². The van der Waals surface area contributed by atoms with Gasteiger partial charge >= 0.3 is 0 Å². The molecule has 2 unspecified atom stereocenters. The third kappa shape index (κ3) is 1.28. The first-order valence-corrected chi connectivity index (χ1v) is 5.12. The van der Waals surface area contributed by atoms with Crippen molar-refractivity contribution in [1.29, 1.82) is 5.26 Å². The highest BCUT2D eigenvalue weighted by atomic mass is 16.5. The molecule has 76 valence electrons. The van der Waals surface area contributed by atoms with Crippen LogP contribution in [-0.2, 0) is 4.74 Å². The van der Waals surface area contributed by atoms with Crippen molar-refractivity contribution in [2.24, 2.45) is 0 Å². The lowest BCUT2D eigenvalue weighted by Crippen LogP contribution is -2.37. The molecule has 2 saturated heterocycles. The van der Waals surface area contributed by atoms with Crippen LogP contribution in [0.25, 0.3) is 0 Å². The molecule has 0 N–H and O–H groups in total. The Balaban J connectivity index is 1.97. The Morgan fingerprint density at radius 1 is 1.60 bits per heavy atom. The van der Waals surface area contributed by atoms with E-state index in [0.29, 0.717) is 17.7 Å². The zero-order chi connectivity index (χ0) is 10.3. The summed E-state index contributed by atoms with van der Waals surface area (Å²) in [7, 11) is 0. The lowest BCUT2D eigenvalue weighted by Gasteiger charge is -2.28. The number of nitriles is 1. The van der Waals surface area contributed by atoms with Gasteiger partial charge in [0.2, 0.25) is 0 Å². The summed E-state index contributed by atoms with van der Waals surface area (Å²) < 4.78 is 5.52. The minimum absolute atomic E-state index is 0.337. The van der Waals surface area contributed by atoms with Gasteiger partial charge in [-0.3, -0.25) is 0 Å². The van der Waals surface area contributed by atoms with E-state index in [1.165, 1.54) is 0 Å². The van der Waals surface area contributed by atoms with Crippen molar-refractivity contribution in [2.75, 3.05) is 18.1 Å². The normalized spacial score (nSPS) is 28.1. The van der Waals surface area contributed by atoms with Gasteiger partial charge in [-0.15, -0.1) is 0 Å². The summed E-state index contributed by atoms with van der Waals surface area (Å²) in [6.07, 6.45) is 3.15. The molecule has 0 amide bonds. The molecule has 2 fully saturated rings. The number of ether oxygens (including phenoxy) is 1. The molecule has 0 saturated carbocycles. The third-order valence-electron chi connectivity index (χ3n) is 3.08. The van der Waals surface area contributed by atoms with Crippen LogP contribution in [-0.4, -0.2) is 30.3 Å². The second-order valence-electron chi connectivity index (χ2n) is 3.98. The van der Waals surface area contributed by atoms with Crippen LogP contribution >= 0.6 is 0 Å². The lowest BCUT2D eigenvalue weighted by atomic mass is 10.2. The fraction of sp³-hybridized carbons (Fsp3) is 0.455. The number of hydrogen-bond donors (Lipinski definition) is 0. The van der Waals surface area contributed by atoms with E-state index in [-0.39, 0.29) is 0 Å². The Morgan fingerprint density at radius 3 is 3.20 bits per heavy atom. The molecule has 4 heteroatoms. The summed E-state index contributed by atoms with van der Waals surface area (Å²) in [4.78, 5) is 6.50. The van der Waals surface area contributed by atoms with Gasteiger partial charge in [0.25, 0.3) is 0 Å². The minimum Gasteiger partial charge on any atom is -0.374 e. The highest BCUT2D eigenvalue weighted by Crippen LogP contribution is 2.32. The fourth-order valence-corrected chi connectivity index (χ4v) is 2.37. The van der Waals surface area contributed by atoms with E-state index in [1.54, 1.807) is 12.3 Å². The Labute approximate surface area is 88.1 Å². The average Bonchev–Trinajstić information content (AvgIpc) is 2.90. The second kappa shape index (κ2) is 3.21. The molecular weight excluding hydrogens is 190 g/mol. The lowest BCUT2D eigenvalue weighted by molar-refractivity contribution is 0.0989. The van der Waals surface area contributed by atoms with Gasteiger partial charge in [-0.2, -0.15) is 5.26 Å². The highest BCUT2D eigenvalue weighted by Gasteiger charge is 2.40. The number of fused-ring (bicyclic) bond motifs is 2. The number of nitrogens with zero attached hydrogens (tertiary/aromatic N) is 3. The maximum Gasteiger partial charge on any atom is 0.146 e. The van der Waals surface area contributed by atoms with Crippen LogP contribution < -0.4 is 4.90 Å². The Kier molecular flexibility index (Phi) is 1.86. The summed E-state index contributed by atoms with van der Waals surface area (Å²) in [5, 5.41) is 9.00. The smallest absolute Gasteiger partial charge is 0.146 e. The van der Waals surface area contributed by atoms with Crippen LogP contribution in [0.1, 0.15) is 12.0 Å². The molecule has 15 heavy (non-hydrogen) atoms. The van der Waals surface area contributed by atoms with Crippen LogP contribution in [0.3, 0.4) is 0 Å². The molecule has 3 heterocycles. The van der Waals surface area contributed by atoms with Crippen molar-refractivity contribution in [3.8, 4) is 6.07 Å². The largest absolute Gasteiger partial charge is 0.374 e. The van der Waals surface area contributed by atoms with E-state index in [9.17, 15) is 0 Å². The number of rotatable bonds is 1. The van der Waals surface area contributed by atoms with Crippen LogP contribution in [0.2, 0.25) is 0 Å². The molecule has 1 aromatic rings. The molecule has 2 aliphatic heterocycles. The summed E-state index contributed by atoms with van der Waals surface area (Å²) in [5.74, 6) is 0.816. The molecule has 3 rings (SSSR count). The van der Waals surface area contributed by atoms with Crippen molar-refractivity contribution < 1.29 is 4.74 Å². The molecule has 4 nitrogen and oxygen atoms in total. The van der Waals surface area contributed by atoms with Gasteiger partial charge in [0.05, 0.1) is 24.3 Å². The SMILES string of the molecule is N#Cc1cccnc1N1CC2CC1CO2. The molecule has 1 aromatic heterocycles. The van der Waals surface area contributed by atoms with E-state index in [1.807, 2.05) is 6.07 Å². The van der Waals surface area contributed by atoms with Gasteiger partial charge in [0, 0.05) is 12.7 Å². The summed E-state index contributed by atoms with van der Waals surface area (Å²) in [5.41, 5.74) is 0.657. The minimum atomic E-state index is 0.337. The summed E-state index contributed by atoms with van der Waals surface area (Å²) in [6.45, 7) is 1.64. The van der Waals surface area contributed by atoms with Gasteiger partial charge in [-0.1, -0.05) is 0 Å². The molecule has 2 atom stereocenters. The van der Waals surface area contributed by atoms with E-state index in [0.717, 1.165) is 25.4 Å². The zero-order valence-electron chi connectivity index (χ0n) is 8.26. The van der Waals surface area contributed by atoms with Crippen molar-refractivity contribution in [3.63, 3.8) is 0 Å². The first-order valence-electron chi connectivity index (χ1n) is 5.12. The standard InChI is InChI=1S/C11H11N3O/c12-5-8-2-1-3-13-11(8)14-6-10-4-9(14)7-15-10/h1-3,9-10H,4,6-7H2. The summed E-state index contributed by atoms with van der Waals surface area (Å²) in [6, 6.07) is 6.21. The molecule has 0 aromatic carbocycles. The van der Waals surface area contributed by atoms with Gasteiger partial charge in [-0.05, 0) is 18.6 Å². The fourth-order valence-electron chi connectivity index (χ4n) is 2.37. The Bertz CT molecular complexity index is 426. The van der Waals surface area contributed by atoms with Crippen molar-refractivity contribution in [1.82, 2.24) is 4.98 Å². The van der Waals surface area contributed by atoms with Crippen LogP contribution in [0.4, 0.5) is 5.82 Å². The van der Waals surface area contributed by atoms with E-state index in [4.69, 9.17) is 10.00 Å².